The second kappa shape index (κ2) is 8.15. The molecule has 1 saturated heterocycles. The first kappa shape index (κ1) is 16.8. The molecule has 0 aromatic heterocycles. The Morgan fingerprint density at radius 2 is 2.32 bits per heavy atom. The average Bonchev–Trinajstić information content (AvgIpc) is 2.51. The predicted molar refractivity (Wildman–Crippen MR) is 87.4 cm³/mol. The van der Waals surface area contributed by atoms with Crippen LogP contribution in [0.1, 0.15) is 25.8 Å². The first-order valence-corrected chi connectivity index (χ1v) is 7.93. The maximum atomic E-state index is 12.2. The summed E-state index contributed by atoms with van der Waals surface area (Å²) >= 11 is 0. The highest BCUT2D eigenvalue weighted by molar-refractivity contribution is 5.94. The molecule has 1 fully saturated rings. The van der Waals surface area contributed by atoms with Gasteiger partial charge in [0.05, 0.1) is 13.2 Å². The van der Waals surface area contributed by atoms with Crippen LogP contribution in [0.5, 0.6) is 5.75 Å². The molecule has 1 unspecified atom stereocenters. The molecule has 1 amide bonds. The second-order valence-electron chi connectivity index (χ2n) is 6.06. The van der Waals surface area contributed by atoms with Gasteiger partial charge in [-0.2, -0.15) is 0 Å². The number of hydrogen-bond acceptors (Lipinski definition) is 4. The van der Waals surface area contributed by atoms with Crippen molar-refractivity contribution >= 4 is 11.6 Å². The maximum Gasteiger partial charge on any atom is 0.254 e. The summed E-state index contributed by atoms with van der Waals surface area (Å²) in [5, 5.41) is 6.04. The molecular weight excluding hydrogens is 280 g/mol. The molecule has 1 aliphatic heterocycles. The van der Waals surface area contributed by atoms with E-state index in [0.717, 1.165) is 30.0 Å². The Hall–Kier alpha value is -1.59. The van der Waals surface area contributed by atoms with E-state index in [0.29, 0.717) is 25.7 Å². The van der Waals surface area contributed by atoms with Crippen LogP contribution in [0.25, 0.3) is 0 Å². The van der Waals surface area contributed by atoms with Gasteiger partial charge in [-0.15, -0.1) is 0 Å². The van der Waals surface area contributed by atoms with Gasteiger partial charge in [0.1, 0.15) is 11.9 Å². The lowest BCUT2D eigenvalue weighted by Crippen LogP contribution is -2.45. The van der Waals surface area contributed by atoms with Gasteiger partial charge in [0.25, 0.3) is 5.91 Å². The van der Waals surface area contributed by atoms with E-state index in [9.17, 15) is 4.79 Å². The average molecular weight is 306 g/mol. The van der Waals surface area contributed by atoms with Crippen molar-refractivity contribution in [3.63, 3.8) is 0 Å². The van der Waals surface area contributed by atoms with Gasteiger partial charge in [-0.25, -0.2) is 0 Å². The van der Waals surface area contributed by atoms with Crippen LogP contribution < -0.4 is 15.4 Å². The number of benzene rings is 1. The molecule has 0 aliphatic carbocycles. The zero-order chi connectivity index (χ0) is 15.9. The van der Waals surface area contributed by atoms with Gasteiger partial charge in [0.2, 0.25) is 0 Å². The van der Waals surface area contributed by atoms with Crippen molar-refractivity contribution in [3.8, 4) is 5.75 Å². The van der Waals surface area contributed by atoms with Gasteiger partial charge in [0.15, 0.2) is 0 Å². The molecule has 5 heteroatoms. The molecular formula is C17H26N2O3. The van der Waals surface area contributed by atoms with Gasteiger partial charge in [-0.05, 0) is 30.9 Å². The lowest BCUT2D eigenvalue weighted by Gasteiger charge is -2.23. The molecule has 0 saturated carbocycles. The predicted octanol–water partition coefficient (Wildman–Crippen LogP) is 2.35. The fraction of sp³-hybridized carbons (Fsp3) is 0.588. The molecule has 2 rings (SSSR count). The fourth-order valence-electron chi connectivity index (χ4n) is 2.19. The highest BCUT2D eigenvalue weighted by Gasteiger charge is 2.21. The molecule has 1 atom stereocenters. The minimum absolute atomic E-state index is 0.121. The summed E-state index contributed by atoms with van der Waals surface area (Å²) in [6.45, 7) is 8.94. The summed E-state index contributed by atoms with van der Waals surface area (Å²) in [6.07, 6.45) is 0.581. The Balaban J connectivity index is 1.94. The third-order valence-electron chi connectivity index (χ3n) is 3.63. The third-order valence-corrected chi connectivity index (χ3v) is 3.63. The van der Waals surface area contributed by atoms with Crippen LogP contribution in [0.2, 0.25) is 0 Å². The number of rotatable bonds is 6. The molecule has 1 aromatic rings. The number of hydrogen-bond donors (Lipinski definition) is 2. The number of carbonyl (C=O) groups excluding carboxylic acids is 1. The number of amides is 1. The van der Waals surface area contributed by atoms with Crippen molar-refractivity contribution in [2.45, 2.75) is 33.3 Å². The summed E-state index contributed by atoms with van der Waals surface area (Å²) in [7, 11) is 0. The number of carbonyl (C=O) groups is 1. The summed E-state index contributed by atoms with van der Waals surface area (Å²) in [5.74, 6) is 1.31. The first-order valence-electron chi connectivity index (χ1n) is 7.93. The van der Waals surface area contributed by atoms with Crippen molar-refractivity contribution < 1.29 is 14.3 Å². The number of anilines is 1. The Labute approximate surface area is 132 Å². The van der Waals surface area contributed by atoms with E-state index in [4.69, 9.17) is 9.47 Å². The van der Waals surface area contributed by atoms with Gasteiger partial charge in [-0.3, -0.25) is 4.79 Å². The van der Waals surface area contributed by atoms with E-state index < -0.39 is 6.10 Å². The Kier molecular flexibility index (Phi) is 6.21. The van der Waals surface area contributed by atoms with E-state index in [1.165, 1.54) is 0 Å². The van der Waals surface area contributed by atoms with Crippen LogP contribution in [-0.4, -0.2) is 38.3 Å². The minimum Gasteiger partial charge on any atom is -0.493 e. The Morgan fingerprint density at radius 1 is 1.50 bits per heavy atom. The van der Waals surface area contributed by atoms with E-state index in [-0.39, 0.29) is 5.91 Å². The van der Waals surface area contributed by atoms with Crippen LogP contribution >= 0.6 is 0 Å². The number of morpholine rings is 1. The zero-order valence-electron chi connectivity index (χ0n) is 13.6. The molecule has 1 aliphatic rings. The minimum atomic E-state index is -0.430. The van der Waals surface area contributed by atoms with Crippen molar-refractivity contribution in [2.24, 2.45) is 5.92 Å². The summed E-state index contributed by atoms with van der Waals surface area (Å²) in [4.78, 5) is 12.2. The second-order valence-corrected chi connectivity index (χ2v) is 6.06. The third kappa shape index (κ3) is 5.00. The Morgan fingerprint density at radius 3 is 3.00 bits per heavy atom. The Bertz CT molecular complexity index is 497. The van der Waals surface area contributed by atoms with Gasteiger partial charge in [0, 0.05) is 24.8 Å². The number of ether oxygens (including phenoxy) is 2. The standard InChI is InChI=1S/C17H26N2O3/c1-12(2)6-8-21-15-10-14(5-4-13(15)3)19-17(20)16-11-18-7-9-22-16/h4-5,10,12,16,18H,6-9,11H2,1-3H3,(H,19,20). The molecule has 122 valence electrons. The topological polar surface area (TPSA) is 59.6 Å². The monoisotopic (exact) mass is 306 g/mol. The van der Waals surface area contributed by atoms with Crippen LogP contribution in [-0.2, 0) is 9.53 Å². The number of nitrogens with one attached hydrogen (secondary N) is 2. The number of aryl methyl sites for hydroxylation is 1. The van der Waals surface area contributed by atoms with E-state index in [1.54, 1.807) is 0 Å². The van der Waals surface area contributed by atoms with Crippen LogP contribution in [0.15, 0.2) is 18.2 Å². The van der Waals surface area contributed by atoms with Gasteiger partial charge >= 0.3 is 0 Å². The fourth-order valence-corrected chi connectivity index (χ4v) is 2.19. The molecule has 0 bridgehead atoms. The molecule has 0 radical (unpaired) electrons. The summed E-state index contributed by atoms with van der Waals surface area (Å²) < 4.78 is 11.3. The molecule has 22 heavy (non-hydrogen) atoms. The SMILES string of the molecule is Cc1ccc(NC(=O)C2CNCCO2)cc1OCCC(C)C. The van der Waals surface area contributed by atoms with Gasteiger partial charge in [-0.1, -0.05) is 19.9 Å². The summed E-state index contributed by atoms with van der Waals surface area (Å²) in [5.41, 5.74) is 1.81. The van der Waals surface area contributed by atoms with Crippen LogP contribution in [0, 0.1) is 12.8 Å². The van der Waals surface area contributed by atoms with Crippen LogP contribution in [0.3, 0.4) is 0 Å². The first-order chi connectivity index (χ1) is 10.6. The van der Waals surface area contributed by atoms with E-state index in [1.807, 2.05) is 25.1 Å². The maximum absolute atomic E-state index is 12.2. The summed E-state index contributed by atoms with van der Waals surface area (Å²) in [6, 6.07) is 5.73. The van der Waals surface area contributed by atoms with Crippen molar-refractivity contribution in [2.75, 3.05) is 31.6 Å². The molecule has 1 heterocycles. The van der Waals surface area contributed by atoms with E-state index in [2.05, 4.69) is 24.5 Å². The quantitative estimate of drug-likeness (QED) is 0.847. The zero-order valence-corrected chi connectivity index (χ0v) is 13.6. The van der Waals surface area contributed by atoms with Gasteiger partial charge < -0.3 is 20.1 Å². The van der Waals surface area contributed by atoms with Crippen molar-refractivity contribution in [1.82, 2.24) is 5.32 Å². The van der Waals surface area contributed by atoms with Crippen molar-refractivity contribution in [3.05, 3.63) is 23.8 Å². The van der Waals surface area contributed by atoms with Crippen LogP contribution in [0.4, 0.5) is 5.69 Å². The molecule has 5 nitrogen and oxygen atoms in total. The highest BCUT2D eigenvalue weighted by atomic mass is 16.5. The lowest BCUT2D eigenvalue weighted by atomic mass is 10.1. The lowest BCUT2D eigenvalue weighted by molar-refractivity contribution is -0.128. The smallest absolute Gasteiger partial charge is 0.254 e. The molecule has 2 N–H and O–H groups in total. The highest BCUT2D eigenvalue weighted by Crippen LogP contribution is 2.23. The molecule has 0 spiro atoms. The van der Waals surface area contributed by atoms with E-state index >= 15 is 0 Å². The van der Waals surface area contributed by atoms with Crippen molar-refractivity contribution in [1.29, 1.82) is 0 Å². The normalized spacial score (nSPS) is 18.3. The largest absolute Gasteiger partial charge is 0.493 e. The molecule has 1 aromatic carbocycles.